The molecule has 3 heterocycles. The van der Waals surface area contributed by atoms with E-state index in [2.05, 4.69) is 41.4 Å². The zero-order valence-corrected chi connectivity index (χ0v) is 27.5. The fraction of sp³-hybridized carbons (Fsp3) is 0.472. The number of likely N-dealkylation sites (tertiary alicyclic amines) is 1. The van der Waals surface area contributed by atoms with E-state index < -0.39 is 17.4 Å². The number of aromatic nitrogens is 1. The van der Waals surface area contributed by atoms with Gasteiger partial charge in [0.1, 0.15) is 5.60 Å². The summed E-state index contributed by atoms with van der Waals surface area (Å²) in [6.45, 7) is 8.83. The number of amides is 2. The Morgan fingerprint density at radius 2 is 1.57 bits per heavy atom. The van der Waals surface area contributed by atoms with Gasteiger partial charge in [0.05, 0.1) is 32.3 Å². The first-order valence-corrected chi connectivity index (χ1v) is 16.2. The van der Waals surface area contributed by atoms with Crippen LogP contribution in [0, 0.1) is 0 Å². The number of hydrogen-bond donors (Lipinski definition) is 0. The van der Waals surface area contributed by atoms with Gasteiger partial charge in [-0.25, -0.2) is 4.79 Å². The quantitative estimate of drug-likeness (QED) is 0.328. The van der Waals surface area contributed by atoms with Gasteiger partial charge in [-0.1, -0.05) is 61.9 Å². The van der Waals surface area contributed by atoms with Crippen LogP contribution in [-0.4, -0.2) is 77.7 Å². The number of pyridine rings is 1. The largest absolute Gasteiger partial charge is 0.487 e. The van der Waals surface area contributed by atoms with Crippen LogP contribution in [0.3, 0.4) is 0 Å². The first-order chi connectivity index (χ1) is 22.1. The minimum absolute atomic E-state index is 0.0433. The second-order valence-corrected chi connectivity index (χ2v) is 13.3. The van der Waals surface area contributed by atoms with Gasteiger partial charge in [0.25, 0.3) is 5.91 Å². The van der Waals surface area contributed by atoms with Crippen LogP contribution >= 0.6 is 0 Å². The lowest BCUT2D eigenvalue weighted by molar-refractivity contribution is -0.0785. The summed E-state index contributed by atoms with van der Waals surface area (Å²) in [5.74, 6) is -0.293. The van der Waals surface area contributed by atoms with E-state index in [9.17, 15) is 14.4 Å². The maximum Gasteiger partial charge on any atom is 0.410 e. The van der Waals surface area contributed by atoms with Gasteiger partial charge in [-0.3, -0.25) is 24.2 Å². The summed E-state index contributed by atoms with van der Waals surface area (Å²) >= 11 is 0. The van der Waals surface area contributed by atoms with Gasteiger partial charge in [0.15, 0.2) is 17.1 Å². The van der Waals surface area contributed by atoms with Crippen molar-refractivity contribution in [3.05, 3.63) is 99.0 Å². The molecular formula is C36H44N4O6. The molecule has 1 fully saturated rings. The highest BCUT2D eigenvalue weighted by Gasteiger charge is 2.62. The van der Waals surface area contributed by atoms with Crippen molar-refractivity contribution < 1.29 is 23.8 Å². The van der Waals surface area contributed by atoms with Crippen molar-refractivity contribution in [2.24, 2.45) is 0 Å². The average Bonchev–Trinajstić information content (AvgIpc) is 3.16. The number of nitrogens with zero attached hydrogens (tertiary/aromatic N) is 4. The Balaban J connectivity index is 1.60. The lowest BCUT2D eigenvalue weighted by atomic mass is 9.87. The lowest BCUT2D eigenvalue weighted by Crippen LogP contribution is -2.84. The van der Waals surface area contributed by atoms with E-state index in [1.807, 2.05) is 44.5 Å². The summed E-state index contributed by atoms with van der Waals surface area (Å²) in [6, 6.07) is 18.0. The van der Waals surface area contributed by atoms with Crippen molar-refractivity contribution >= 4 is 12.0 Å². The van der Waals surface area contributed by atoms with Crippen molar-refractivity contribution in [2.75, 3.05) is 45.0 Å². The Kier molecular flexibility index (Phi) is 8.58. The van der Waals surface area contributed by atoms with Crippen LogP contribution in [0.15, 0.2) is 65.6 Å². The van der Waals surface area contributed by atoms with Gasteiger partial charge >= 0.3 is 6.09 Å². The SMILES string of the molecule is CCCCOc1c2n(ccc1=O)N(C1c3ccccc3CCc3ccccc31)C1(CN(C(=O)OC(C)(C)C)C1)N(CCOC)C2=O. The molecule has 0 atom stereocenters. The van der Waals surface area contributed by atoms with Crippen molar-refractivity contribution in [1.29, 1.82) is 0 Å². The van der Waals surface area contributed by atoms with Gasteiger partial charge in [0.2, 0.25) is 5.43 Å². The molecule has 0 saturated carbocycles. The molecule has 10 heteroatoms. The van der Waals surface area contributed by atoms with E-state index in [0.29, 0.717) is 6.61 Å². The van der Waals surface area contributed by atoms with Gasteiger partial charge in [0, 0.05) is 25.9 Å². The number of fused-ring (bicyclic) bond motifs is 3. The van der Waals surface area contributed by atoms with E-state index in [-0.39, 0.29) is 55.1 Å². The fourth-order valence-corrected chi connectivity index (χ4v) is 6.93. The van der Waals surface area contributed by atoms with Crippen LogP contribution in [0.5, 0.6) is 5.75 Å². The zero-order chi connectivity index (χ0) is 32.6. The molecule has 3 aromatic rings. The number of unbranched alkanes of at least 4 members (excludes halogenated alkanes) is 1. The fourth-order valence-electron chi connectivity index (χ4n) is 6.93. The van der Waals surface area contributed by atoms with Crippen molar-refractivity contribution in [1.82, 2.24) is 14.5 Å². The van der Waals surface area contributed by atoms with Crippen LogP contribution < -0.4 is 15.2 Å². The maximum absolute atomic E-state index is 14.7. The summed E-state index contributed by atoms with van der Waals surface area (Å²) in [6.07, 6.45) is 4.61. The molecule has 10 nitrogen and oxygen atoms in total. The summed E-state index contributed by atoms with van der Waals surface area (Å²) in [4.78, 5) is 44.9. The smallest absolute Gasteiger partial charge is 0.410 e. The highest BCUT2D eigenvalue weighted by molar-refractivity contribution is 5.97. The van der Waals surface area contributed by atoms with Crippen molar-refractivity contribution in [3.63, 3.8) is 0 Å². The van der Waals surface area contributed by atoms with E-state index in [1.165, 1.54) is 17.2 Å². The molecule has 6 rings (SSSR count). The molecule has 1 aliphatic carbocycles. The molecule has 244 valence electrons. The lowest BCUT2D eigenvalue weighted by Gasteiger charge is -2.64. The van der Waals surface area contributed by atoms with Gasteiger partial charge in [-0.2, -0.15) is 0 Å². The monoisotopic (exact) mass is 628 g/mol. The first kappa shape index (κ1) is 31.7. The van der Waals surface area contributed by atoms with Crippen LogP contribution in [0.1, 0.15) is 79.3 Å². The minimum atomic E-state index is -0.982. The molecule has 46 heavy (non-hydrogen) atoms. The van der Waals surface area contributed by atoms with Gasteiger partial charge in [-0.15, -0.1) is 0 Å². The number of benzene rings is 2. The Bertz CT molecular complexity index is 1620. The predicted molar refractivity (Wildman–Crippen MR) is 175 cm³/mol. The molecule has 0 unspecified atom stereocenters. The first-order valence-electron chi connectivity index (χ1n) is 16.2. The minimum Gasteiger partial charge on any atom is -0.487 e. The molecule has 2 aromatic carbocycles. The molecule has 2 amide bonds. The molecule has 2 aliphatic heterocycles. The number of carbonyl (C=O) groups excluding carboxylic acids is 2. The van der Waals surface area contributed by atoms with Crippen LogP contribution in [0.4, 0.5) is 4.79 Å². The average molecular weight is 629 g/mol. The molecule has 1 aromatic heterocycles. The molecular weight excluding hydrogens is 584 g/mol. The Hall–Kier alpha value is -4.31. The topological polar surface area (TPSA) is 93.6 Å². The Morgan fingerprint density at radius 1 is 0.935 bits per heavy atom. The third-order valence-corrected chi connectivity index (χ3v) is 9.05. The molecule has 0 N–H and O–H groups in total. The van der Waals surface area contributed by atoms with Crippen LogP contribution in [0.25, 0.3) is 0 Å². The summed E-state index contributed by atoms with van der Waals surface area (Å²) < 4.78 is 19.2. The summed E-state index contributed by atoms with van der Waals surface area (Å²) in [7, 11) is 1.60. The number of carbonyl (C=O) groups is 2. The molecule has 0 bridgehead atoms. The second kappa shape index (κ2) is 12.5. The summed E-state index contributed by atoms with van der Waals surface area (Å²) in [5, 5.41) is 2.20. The van der Waals surface area contributed by atoms with Crippen molar-refractivity contribution in [3.8, 4) is 5.75 Å². The van der Waals surface area contributed by atoms with Crippen LogP contribution in [0.2, 0.25) is 0 Å². The highest BCUT2D eigenvalue weighted by atomic mass is 16.6. The second-order valence-electron chi connectivity index (χ2n) is 13.3. The zero-order valence-electron chi connectivity index (χ0n) is 27.5. The number of ether oxygens (including phenoxy) is 3. The molecule has 0 radical (unpaired) electrons. The summed E-state index contributed by atoms with van der Waals surface area (Å²) in [5.41, 5.74) is 2.83. The predicted octanol–water partition coefficient (Wildman–Crippen LogP) is 4.90. The number of rotatable bonds is 8. The van der Waals surface area contributed by atoms with E-state index in [4.69, 9.17) is 14.2 Å². The number of methoxy groups -OCH3 is 1. The van der Waals surface area contributed by atoms with E-state index in [0.717, 1.165) is 36.8 Å². The number of aryl methyl sites for hydroxylation is 2. The van der Waals surface area contributed by atoms with E-state index >= 15 is 0 Å². The van der Waals surface area contributed by atoms with Crippen molar-refractivity contribution in [2.45, 2.75) is 70.7 Å². The highest BCUT2D eigenvalue weighted by Crippen LogP contribution is 2.46. The number of hydrogen-bond acceptors (Lipinski definition) is 7. The van der Waals surface area contributed by atoms with Crippen LogP contribution in [-0.2, 0) is 22.3 Å². The molecule has 1 spiro atoms. The molecule has 3 aliphatic rings. The maximum atomic E-state index is 14.7. The Morgan fingerprint density at radius 3 is 2.15 bits per heavy atom. The van der Waals surface area contributed by atoms with Gasteiger partial charge in [-0.05, 0) is 62.3 Å². The Labute approximate surface area is 270 Å². The third-order valence-electron chi connectivity index (χ3n) is 9.05. The molecule has 1 saturated heterocycles. The third kappa shape index (κ3) is 5.53. The standard InChI is InChI=1S/C36H44N4O6/c1-6-7-21-45-32-29(41)18-19-39-31(32)33(42)38(20-22-44-5)36(23-37(24-36)34(43)46-35(2,3)4)40(39)30-27-14-10-8-12-25(27)16-17-26-13-9-11-15-28(26)30/h8-15,18-19,30H,6-7,16-17,20-24H2,1-5H3. The van der Waals surface area contributed by atoms with E-state index in [1.54, 1.807) is 23.1 Å². The van der Waals surface area contributed by atoms with Gasteiger partial charge < -0.3 is 19.1 Å². The normalized spacial score (nSPS) is 17.2.